The molecule has 1 aliphatic rings. The SMILES string of the molecule is COC(=O)C(C)(N)CCCOC1CCCCC1. The van der Waals surface area contributed by atoms with Crippen LogP contribution in [0.3, 0.4) is 0 Å². The summed E-state index contributed by atoms with van der Waals surface area (Å²) in [5, 5.41) is 0. The van der Waals surface area contributed by atoms with Crippen LogP contribution in [-0.2, 0) is 14.3 Å². The Kier molecular flexibility index (Phi) is 5.92. The Morgan fingerprint density at radius 3 is 2.59 bits per heavy atom. The van der Waals surface area contributed by atoms with Crippen molar-refractivity contribution in [1.29, 1.82) is 0 Å². The Balaban J connectivity index is 2.12. The van der Waals surface area contributed by atoms with E-state index in [4.69, 9.17) is 10.5 Å². The molecule has 1 aliphatic carbocycles. The number of rotatable bonds is 6. The van der Waals surface area contributed by atoms with Gasteiger partial charge in [-0.2, -0.15) is 0 Å². The van der Waals surface area contributed by atoms with Gasteiger partial charge in [-0.05, 0) is 32.6 Å². The maximum atomic E-state index is 11.3. The van der Waals surface area contributed by atoms with Crippen molar-refractivity contribution in [3.05, 3.63) is 0 Å². The van der Waals surface area contributed by atoms with Gasteiger partial charge in [0, 0.05) is 6.61 Å². The van der Waals surface area contributed by atoms with Crippen LogP contribution in [-0.4, -0.2) is 31.3 Å². The van der Waals surface area contributed by atoms with Crippen molar-refractivity contribution in [3.63, 3.8) is 0 Å². The largest absolute Gasteiger partial charge is 0.468 e. The van der Waals surface area contributed by atoms with Gasteiger partial charge in [-0.15, -0.1) is 0 Å². The maximum absolute atomic E-state index is 11.3. The number of carbonyl (C=O) groups excluding carboxylic acids is 1. The Bertz CT molecular complexity index is 235. The summed E-state index contributed by atoms with van der Waals surface area (Å²) in [5.41, 5.74) is 4.98. The van der Waals surface area contributed by atoms with Crippen LogP contribution in [0.15, 0.2) is 0 Å². The van der Waals surface area contributed by atoms with E-state index in [1.807, 2.05) is 0 Å². The lowest BCUT2D eigenvalue weighted by Gasteiger charge is -2.24. The lowest BCUT2D eigenvalue weighted by molar-refractivity contribution is -0.146. The summed E-state index contributed by atoms with van der Waals surface area (Å²) < 4.78 is 10.4. The minimum absolute atomic E-state index is 0.352. The molecule has 1 fully saturated rings. The first-order valence-corrected chi connectivity index (χ1v) is 6.55. The molecule has 2 N–H and O–H groups in total. The second-order valence-electron chi connectivity index (χ2n) is 5.14. The van der Waals surface area contributed by atoms with Gasteiger partial charge < -0.3 is 15.2 Å². The number of hydrogen-bond acceptors (Lipinski definition) is 4. The highest BCUT2D eigenvalue weighted by molar-refractivity contribution is 5.79. The van der Waals surface area contributed by atoms with Gasteiger partial charge in [0.1, 0.15) is 5.54 Å². The maximum Gasteiger partial charge on any atom is 0.325 e. The van der Waals surface area contributed by atoms with Gasteiger partial charge in [0.25, 0.3) is 0 Å². The van der Waals surface area contributed by atoms with Gasteiger partial charge in [0.15, 0.2) is 0 Å². The van der Waals surface area contributed by atoms with Crippen molar-refractivity contribution >= 4 is 5.97 Å². The number of esters is 1. The predicted molar refractivity (Wildman–Crippen MR) is 66.7 cm³/mol. The number of hydrogen-bond donors (Lipinski definition) is 1. The highest BCUT2D eigenvalue weighted by atomic mass is 16.5. The van der Waals surface area contributed by atoms with Gasteiger partial charge in [0.05, 0.1) is 13.2 Å². The minimum Gasteiger partial charge on any atom is -0.468 e. The number of ether oxygens (including phenoxy) is 2. The lowest BCUT2D eigenvalue weighted by atomic mass is 9.97. The van der Waals surface area contributed by atoms with Crippen molar-refractivity contribution in [3.8, 4) is 0 Å². The predicted octanol–water partition coefficient (Wildman–Crippen LogP) is 2.01. The molecule has 1 rings (SSSR count). The topological polar surface area (TPSA) is 61.5 Å². The van der Waals surface area contributed by atoms with Crippen molar-refractivity contribution in [2.75, 3.05) is 13.7 Å². The van der Waals surface area contributed by atoms with Gasteiger partial charge >= 0.3 is 5.97 Å². The van der Waals surface area contributed by atoms with Crippen LogP contribution < -0.4 is 5.73 Å². The molecule has 1 unspecified atom stereocenters. The Labute approximate surface area is 104 Å². The van der Waals surface area contributed by atoms with E-state index in [1.54, 1.807) is 6.92 Å². The van der Waals surface area contributed by atoms with E-state index in [0.717, 1.165) is 6.42 Å². The average molecular weight is 243 g/mol. The molecule has 0 radical (unpaired) electrons. The first-order valence-electron chi connectivity index (χ1n) is 6.55. The van der Waals surface area contributed by atoms with E-state index in [-0.39, 0.29) is 5.97 Å². The molecule has 0 amide bonds. The van der Waals surface area contributed by atoms with Crippen LogP contribution in [0, 0.1) is 0 Å². The normalized spacial score (nSPS) is 20.9. The van der Waals surface area contributed by atoms with Gasteiger partial charge in [-0.25, -0.2) is 0 Å². The summed E-state index contributed by atoms with van der Waals surface area (Å²) in [4.78, 5) is 11.3. The molecular weight excluding hydrogens is 218 g/mol. The number of carbonyl (C=O) groups is 1. The van der Waals surface area contributed by atoms with Crippen LogP contribution in [0.25, 0.3) is 0 Å². The molecule has 0 saturated heterocycles. The average Bonchev–Trinajstić information content (AvgIpc) is 2.35. The van der Waals surface area contributed by atoms with E-state index < -0.39 is 5.54 Å². The van der Waals surface area contributed by atoms with E-state index in [2.05, 4.69) is 4.74 Å². The molecule has 1 atom stereocenters. The second kappa shape index (κ2) is 6.97. The fourth-order valence-electron chi connectivity index (χ4n) is 2.26. The molecule has 17 heavy (non-hydrogen) atoms. The summed E-state index contributed by atoms with van der Waals surface area (Å²) in [6, 6.07) is 0. The third kappa shape index (κ3) is 5.04. The quantitative estimate of drug-likeness (QED) is 0.572. The monoisotopic (exact) mass is 243 g/mol. The second-order valence-corrected chi connectivity index (χ2v) is 5.14. The molecule has 1 saturated carbocycles. The van der Waals surface area contributed by atoms with Crippen molar-refractivity contribution in [2.24, 2.45) is 5.73 Å². The minimum atomic E-state index is -0.884. The molecule has 100 valence electrons. The summed E-state index contributed by atoms with van der Waals surface area (Å²) >= 11 is 0. The molecule has 0 heterocycles. The smallest absolute Gasteiger partial charge is 0.325 e. The molecule has 4 heteroatoms. The van der Waals surface area contributed by atoms with Crippen molar-refractivity contribution < 1.29 is 14.3 Å². The Hall–Kier alpha value is -0.610. The molecule has 0 aliphatic heterocycles. The Morgan fingerprint density at radius 2 is 2.00 bits per heavy atom. The summed E-state index contributed by atoms with van der Waals surface area (Å²) in [6.07, 6.45) is 8.08. The molecule has 0 aromatic rings. The van der Waals surface area contributed by atoms with Gasteiger partial charge in [-0.3, -0.25) is 4.79 Å². The van der Waals surface area contributed by atoms with Crippen LogP contribution in [0.4, 0.5) is 0 Å². The van der Waals surface area contributed by atoms with Gasteiger partial charge in [-0.1, -0.05) is 19.3 Å². The van der Waals surface area contributed by atoms with E-state index in [1.165, 1.54) is 39.2 Å². The number of methoxy groups -OCH3 is 1. The highest BCUT2D eigenvalue weighted by Crippen LogP contribution is 2.21. The highest BCUT2D eigenvalue weighted by Gasteiger charge is 2.28. The fourth-order valence-corrected chi connectivity index (χ4v) is 2.26. The van der Waals surface area contributed by atoms with Gasteiger partial charge in [0.2, 0.25) is 0 Å². The standard InChI is InChI=1S/C13H25NO3/c1-13(14,12(15)16-2)9-6-10-17-11-7-4-3-5-8-11/h11H,3-10,14H2,1-2H3. The fraction of sp³-hybridized carbons (Fsp3) is 0.923. The number of nitrogens with two attached hydrogens (primary N) is 1. The molecule has 0 aromatic carbocycles. The zero-order valence-corrected chi connectivity index (χ0v) is 11.0. The van der Waals surface area contributed by atoms with Crippen molar-refractivity contribution in [2.45, 2.75) is 63.5 Å². The van der Waals surface area contributed by atoms with Crippen LogP contribution in [0.2, 0.25) is 0 Å². The molecular formula is C13H25NO3. The van der Waals surface area contributed by atoms with Crippen molar-refractivity contribution in [1.82, 2.24) is 0 Å². The van der Waals surface area contributed by atoms with E-state index in [9.17, 15) is 4.79 Å². The molecule has 4 nitrogen and oxygen atoms in total. The third-order valence-electron chi connectivity index (χ3n) is 3.40. The first-order chi connectivity index (χ1) is 8.06. The summed E-state index contributed by atoms with van der Waals surface area (Å²) in [6.45, 7) is 2.40. The summed E-state index contributed by atoms with van der Waals surface area (Å²) in [7, 11) is 1.37. The van der Waals surface area contributed by atoms with Crippen LogP contribution in [0.1, 0.15) is 51.9 Å². The lowest BCUT2D eigenvalue weighted by Crippen LogP contribution is -2.45. The Morgan fingerprint density at radius 1 is 1.35 bits per heavy atom. The molecule has 0 bridgehead atoms. The molecule has 0 aromatic heterocycles. The zero-order chi connectivity index (χ0) is 12.7. The van der Waals surface area contributed by atoms with E-state index in [0.29, 0.717) is 19.1 Å². The third-order valence-corrected chi connectivity index (χ3v) is 3.40. The zero-order valence-electron chi connectivity index (χ0n) is 11.0. The van der Waals surface area contributed by atoms with E-state index >= 15 is 0 Å². The first kappa shape index (κ1) is 14.5. The van der Waals surface area contributed by atoms with Crippen LogP contribution >= 0.6 is 0 Å². The van der Waals surface area contributed by atoms with Crippen LogP contribution in [0.5, 0.6) is 0 Å². The summed E-state index contributed by atoms with van der Waals surface area (Å²) in [5.74, 6) is -0.352. The molecule has 0 spiro atoms.